The van der Waals surface area contributed by atoms with Gasteiger partial charge in [0.05, 0.1) is 6.61 Å². The summed E-state index contributed by atoms with van der Waals surface area (Å²) in [5.41, 5.74) is 1.05. The maximum atomic E-state index is 12.6. The molecular weight excluding hydrogens is 282 g/mol. The molecule has 0 radical (unpaired) electrons. The second-order valence-corrected chi connectivity index (χ2v) is 5.57. The van der Waals surface area contributed by atoms with Crippen LogP contribution in [0, 0.1) is 5.92 Å². The summed E-state index contributed by atoms with van der Waals surface area (Å²) in [4.78, 5) is 37.1. The van der Waals surface area contributed by atoms with E-state index in [-0.39, 0.29) is 18.2 Å². The molecule has 0 aromatic heterocycles. The van der Waals surface area contributed by atoms with Crippen LogP contribution in [-0.4, -0.2) is 42.3 Å². The molecule has 0 unspecified atom stereocenters. The zero-order chi connectivity index (χ0) is 16.1. The molecule has 118 valence electrons. The van der Waals surface area contributed by atoms with Crippen molar-refractivity contribution in [1.82, 2.24) is 4.90 Å². The van der Waals surface area contributed by atoms with E-state index < -0.39 is 5.97 Å². The lowest BCUT2D eigenvalue weighted by Crippen LogP contribution is -2.38. The van der Waals surface area contributed by atoms with Gasteiger partial charge in [0.15, 0.2) is 5.78 Å². The highest BCUT2D eigenvalue weighted by atomic mass is 16.5. The number of carbonyl (C=O) groups is 3. The first kappa shape index (κ1) is 16.2. The molecule has 0 saturated heterocycles. The number of carbonyl (C=O) groups excluding carboxylic acids is 3. The molecule has 1 saturated carbocycles. The van der Waals surface area contributed by atoms with Gasteiger partial charge in [-0.15, -0.1) is 0 Å². The maximum Gasteiger partial charge on any atom is 0.325 e. The number of rotatable bonds is 7. The molecule has 1 fully saturated rings. The van der Waals surface area contributed by atoms with E-state index in [1.807, 2.05) is 0 Å². The molecule has 1 aliphatic rings. The summed E-state index contributed by atoms with van der Waals surface area (Å²) in [6.07, 6.45) is 2.19. The van der Waals surface area contributed by atoms with Crippen molar-refractivity contribution in [2.24, 2.45) is 5.92 Å². The van der Waals surface area contributed by atoms with Gasteiger partial charge in [-0.1, -0.05) is 12.1 Å². The van der Waals surface area contributed by atoms with Crippen LogP contribution >= 0.6 is 0 Å². The largest absolute Gasteiger partial charge is 0.465 e. The van der Waals surface area contributed by atoms with E-state index in [1.54, 1.807) is 36.1 Å². The number of ketones is 1. The van der Waals surface area contributed by atoms with E-state index in [4.69, 9.17) is 4.74 Å². The molecular formula is C17H21NO4. The molecule has 1 amide bonds. The number of nitrogens with zero attached hydrogens (tertiary/aromatic N) is 1. The smallest absolute Gasteiger partial charge is 0.325 e. The second-order valence-electron chi connectivity index (χ2n) is 5.57. The van der Waals surface area contributed by atoms with E-state index >= 15 is 0 Å². The van der Waals surface area contributed by atoms with E-state index in [0.717, 1.165) is 12.8 Å². The van der Waals surface area contributed by atoms with Crippen molar-refractivity contribution in [3.05, 3.63) is 35.4 Å². The molecule has 0 bridgehead atoms. The Kier molecular flexibility index (Phi) is 5.31. The molecule has 2 rings (SSSR count). The number of Topliss-reactive ketones (excluding diaryl/α,β-unsaturated/α-hetero) is 1. The molecule has 0 heterocycles. The average molecular weight is 303 g/mol. The highest BCUT2D eigenvalue weighted by Gasteiger charge is 2.28. The SMILES string of the molecule is CCOC(=O)CN(CC1CC1)C(=O)c1ccc(C(C)=O)cc1. The maximum absolute atomic E-state index is 12.6. The summed E-state index contributed by atoms with van der Waals surface area (Å²) < 4.78 is 4.93. The Morgan fingerprint density at radius 2 is 1.73 bits per heavy atom. The van der Waals surface area contributed by atoms with Crippen LogP contribution in [0.4, 0.5) is 0 Å². The predicted molar refractivity (Wildman–Crippen MR) is 81.7 cm³/mol. The minimum atomic E-state index is -0.392. The van der Waals surface area contributed by atoms with Gasteiger partial charge in [0.25, 0.3) is 5.91 Å². The van der Waals surface area contributed by atoms with Crippen LogP contribution in [0.2, 0.25) is 0 Å². The highest BCUT2D eigenvalue weighted by molar-refractivity contribution is 5.98. The van der Waals surface area contributed by atoms with Crippen LogP contribution in [0.3, 0.4) is 0 Å². The normalized spacial score (nSPS) is 13.5. The predicted octanol–water partition coefficient (Wildman–Crippen LogP) is 2.30. The Morgan fingerprint density at radius 1 is 1.14 bits per heavy atom. The Bertz CT molecular complexity index is 561. The third-order valence-corrected chi connectivity index (χ3v) is 3.63. The Hall–Kier alpha value is -2.17. The lowest BCUT2D eigenvalue weighted by molar-refractivity contribution is -0.143. The summed E-state index contributed by atoms with van der Waals surface area (Å²) in [5, 5.41) is 0. The van der Waals surface area contributed by atoms with Crippen molar-refractivity contribution in [2.45, 2.75) is 26.7 Å². The van der Waals surface area contributed by atoms with E-state index in [2.05, 4.69) is 0 Å². The van der Waals surface area contributed by atoms with Gasteiger partial charge in [-0.2, -0.15) is 0 Å². The lowest BCUT2D eigenvalue weighted by Gasteiger charge is -2.21. The molecule has 5 nitrogen and oxygen atoms in total. The van der Waals surface area contributed by atoms with Crippen LogP contribution in [0.5, 0.6) is 0 Å². The topological polar surface area (TPSA) is 63.7 Å². The monoisotopic (exact) mass is 303 g/mol. The summed E-state index contributed by atoms with van der Waals surface area (Å²) in [6.45, 7) is 4.07. The van der Waals surface area contributed by atoms with E-state index in [9.17, 15) is 14.4 Å². The minimum Gasteiger partial charge on any atom is -0.465 e. The van der Waals surface area contributed by atoms with Gasteiger partial charge >= 0.3 is 5.97 Å². The summed E-state index contributed by atoms with van der Waals surface area (Å²) >= 11 is 0. The van der Waals surface area contributed by atoms with Crippen LogP contribution < -0.4 is 0 Å². The van der Waals surface area contributed by atoms with Crippen molar-refractivity contribution in [1.29, 1.82) is 0 Å². The summed E-state index contributed by atoms with van der Waals surface area (Å²) in [7, 11) is 0. The van der Waals surface area contributed by atoms with Gasteiger partial charge in [-0.25, -0.2) is 0 Å². The second kappa shape index (κ2) is 7.20. The standard InChI is InChI=1S/C17H21NO4/c1-3-22-16(20)11-18(10-13-4-5-13)17(21)15-8-6-14(7-9-15)12(2)19/h6-9,13H,3-5,10-11H2,1-2H3. The summed E-state index contributed by atoms with van der Waals surface area (Å²) in [5.74, 6) is -0.151. The lowest BCUT2D eigenvalue weighted by atomic mass is 10.1. The first-order valence-corrected chi connectivity index (χ1v) is 7.57. The average Bonchev–Trinajstić information content (AvgIpc) is 3.30. The molecule has 5 heteroatoms. The minimum absolute atomic E-state index is 0.0301. The Labute approximate surface area is 130 Å². The molecule has 1 aromatic rings. The highest BCUT2D eigenvalue weighted by Crippen LogP contribution is 2.30. The fourth-order valence-electron chi connectivity index (χ4n) is 2.22. The van der Waals surface area contributed by atoms with Gasteiger partial charge in [-0.3, -0.25) is 14.4 Å². The Balaban J connectivity index is 2.09. The molecule has 0 atom stereocenters. The number of hydrogen-bond donors (Lipinski definition) is 0. The van der Waals surface area contributed by atoms with Crippen LogP contribution in [0.25, 0.3) is 0 Å². The van der Waals surface area contributed by atoms with Crippen LogP contribution in [0.15, 0.2) is 24.3 Å². The van der Waals surface area contributed by atoms with Gasteiger partial charge in [0, 0.05) is 17.7 Å². The quantitative estimate of drug-likeness (QED) is 0.573. The van der Waals surface area contributed by atoms with Gasteiger partial charge in [-0.05, 0) is 44.7 Å². The first-order valence-electron chi connectivity index (χ1n) is 7.57. The van der Waals surface area contributed by atoms with Crippen molar-refractivity contribution in [3.8, 4) is 0 Å². The molecule has 1 aromatic carbocycles. The number of amides is 1. The number of esters is 1. The Morgan fingerprint density at radius 3 is 2.23 bits per heavy atom. The van der Waals surface area contributed by atoms with Crippen molar-refractivity contribution < 1.29 is 19.1 Å². The van der Waals surface area contributed by atoms with E-state index in [0.29, 0.717) is 30.2 Å². The fourth-order valence-corrected chi connectivity index (χ4v) is 2.22. The van der Waals surface area contributed by atoms with Crippen LogP contribution in [0.1, 0.15) is 47.4 Å². The van der Waals surface area contributed by atoms with Crippen molar-refractivity contribution in [2.75, 3.05) is 19.7 Å². The molecule has 1 aliphatic carbocycles. The van der Waals surface area contributed by atoms with Crippen LogP contribution in [-0.2, 0) is 9.53 Å². The van der Waals surface area contributed by atoms with Crippen molar-refractivity contribution in [3.63, 3.8) is 0 Å². The third-order valence-electron chi connectivity index (χ3n) is 3.63. The number of benzene rings is 1. The molecule has 22 heavy (non-hydrogen) atoms. The third kappa shape index (κ3) is 4.41. The molecule has 0 spiro atoms. The zero-order valence-corrected chi connectivity index (χ0v) is 13.0. The van der Waals surface area contributed by atoms with E-state index in [1.165, 1.54) is 6.92 Å². The number of hydrogen-bond acceptors (Lipinski definition) is 4. The zero-order valence-electron chi connectivity index (χ0n) is 13.0. The summed E-state index contributed by atoms with van der Waals surface area (Å²) in [6, 6.07) is 6.53. The first-order chi connectivity index (χ1) is 10.5. The van der Waals surface area contributed by atoms with Crippen molar-refractivity contribution >= 4 is 17.7 Å². The van der Waals surface area contributed by atoms with Gasteiger partial charge in [0.2, 0.25) is 0 Å². The molecule has 0 N–H and O–H groups in total. The fraction of sp³-hybridized carbons (Fsp3) is 0.471. The van der Waals surface area contributed by atoms with Gasteiger partial charge in [0.1, 0.15) is 6.54 Å². The van der Waals surface area contributed by atoms with Gasteiger partial charge < -0.3 is 9.64 Å². The molecule has 0 aliphatic heterocycles. The number of ether oxygens (including phenoxy) is 1.